The van der Waals surface area contributed by atoms with Gasteiger partial charge in [0.15, 0.2) is 0 Å². The molecule has 0 unspecified atom stereocenters. The van der Waals surface area contributed by atoms with Crippen molar-refractivity contribution < 1.29 is 17.9 Å². The molecule has 0 saturated carbocycles. The van der Waals surface area contributed by atoms with Gasteiger partial charge in [-0.1, -0.05) is 11.6 Å². The summed E-state index contributed by atoms with van der Waals surface area (Å²) < 4.78 is 32.4. The third-order valence-electron chi connectivity index (χ3n) is 4.77. The first kappa shape index (κ1) is 21.6. The highest BCUT2D eigenvalue weighted by Gasteiger charge is 2.26. The topological polar surface area (TPSA) is 93.5 Å². The molecule has 3 rings (SSSR count). The van der Waals surface area contributed by atoms with Crippen LogP contribution in [-0.2, 0) is 16.6 Å². The Morgan fingerprint density at radius 2 is 2.10 bits per heavy atom. The van der Waals surface area contributed by atoms with E-state index in [1.165, 1.54) is 10.6 Å². The number of piperidine rings is 1. The monoisotopic (exact) mass is 440 g/mol. The van der Waals surface area contributed by atoms with Crippen molar-refractivity contribution in [2.75, 3.05) is 25.9 Å². The SMILES string of the molecule is CS(=O)(=O)N1CCC(Oc2ccc(C(=O)NCCCn3cccn3)cc2Cl)CC1. The van der Waals surface area contributed by atoms with Gasteiger partial charge in [0.25, 0.3) is 5.91 Å². The third-order valence-corrected chi connectivity index (χ3v) is 6.36. The second-order valence-electron chi connectivity index (χ2n) is 7.00. The zero-order valence-electron chi connectivity index (χ0n) is 16.3. The van der Waals surface area contributed by atoms with Crippen LogP contribution >= 0.6 is 11.6 Å². The lowest BCUT2D eigenvalue weighted by Gasteiger charge is -2.30. The fourth-order valence-corrected chi connectivity index (χ4v) is 4.28. The zero-order valence-corrected chi connectivity index (χ0v) is 17.8. The standard InChI is InChI=1S/C19H25ClN4O4S/c1-29(26,27)24-12-6-16(7-13-24)28-18-5-4-15(14-17(18)20)19(25)21-8-2-10-23-11-3-9-22-23/h3-5,9,11,14,16H,2,6-8,10,12-13H2,1H3,(H,21,25). The molecule has 0 atom stereocenters. The molecule has 0 bridgehead atoms. The van der Waals surface area contributed by atoms with E-state index in [2.05, 4.69) is 10.4 Å². The van der Waals surface area contributed by atoms with Crippen molar-refractivity contribution in [1.29, 1.82) is 0 Å². The number of benzene rings is 1. The van der Waals surface area contributed by atoms with Gasteiger partial charge in [0.1, 0.15) is 11.9 Å². The molecule has 0 radical (unpaired) electrons. The van der Waals surface area contributed by atoms with Gasteiger partial charge in [-0.2, -0.15) is 5.10 Å². The van der Waals surface area contributed by atoms with Gasteiger partial charge in [-0.15, -0.1) is 0 Å². The van der Waals surface area contributed by atoms with Crippen molar-refractivity contribution in [2.24, 2.45) is 0 Å². The summed E-state index contributed by atoms with van der Waals surface area (Å²) in [5, 5.41) is 7.34. The lowest BCUT2D eigenvalue weighted by atomic mass is 10.1. The second kappa shape index (κ2) is 9.60. The number of aromatic nitrogens is 2. The number of aryl methyl sites for hydroxylation is 1. The Labute approximate surface area is 175 Å². The molecule has 1 saturated heterocycles. The van der Waals surface area contributed by atoms with Gasteiger partial charge < -0.3 is 10.1 Å². The fraction of sp³-hybridized carbons (Fsp3) is 0.474. The summed E-state index contributed by atoms with van der Waals surface area (Å²) >= 11 is 6.30. The number of nitrogens with one attached hydrogen (secondary N) is 1. The number of carbonyl (C=O) groups excluding carboxylic acids is 1. The molecule has 158 valence electrons. The van der Waals surface area contributed by atoms with E-state index in [9.17, 15) is 13.2 Å². The van der Waals surface area contributed by atoms with Crippen LogP contribution in [0.4, 0.5) is 0 Å². The average Bonchev–Trinajstić information content (AvgIpc) is 3.20. The van der Waals surface area contributed by atoms with Crippen LogP contribution in [0, 0.1) is 0 Å². The van der Waals surface area contributed by atoms with Crippen LogP contribution in [0.1, 0.15) is 29.6 Å². The zero-order chi connectivity index (χ0) is 20.9. The molecule has 10 heteroatoms. The summed E-state index contributed by atoms with van der Waals surface area (Å²) in [4.78, 5) is 12.3. The predicted molar refractivity (Wildman–Crippen MR) is 111 cm³/mol. The van der Waals surface area contributed by atoms with Crippen LogP contribution in [0.15, 0.2) is 36.7 Å². The third kappa shape index (κ3) is 6.19. The van der Waals surface area contributed by atoms with Crippen molar-refractivity contribution in [3.05, 3.63) is 47.2 Å². The molecule has 1 fully saturated rings. The molecule has 1 aliphatic heterocycles. The molecule has 1 aromatic heterocycles. The molecular weight excluding hydrogens is 416 g/mol. The lowest BCUT2D eigenvalue weighted by molar-refractivity contribution is 0.0952. The quantitative estimate of drug-likeness (QED) is 0.635. The van der Waals surface area contributed by atoms with E-state index in [0.717, 1.165) is 13.0 Å². The van der Waals surface area contributed by atoms with Gasteiger partial charge >= 0.3 is 0 Å². The molecule has 8 nitrogen and oxygen atoms in total. The van der Waals surface area contributed by atoms with Crippen LogP contribution in [0.5, 0.6) is 5.75 Å². The normalized spacial score (nSPS) is 15.9. The number of halogens is 1. The number of nitrogens with zero attached hydrogens (tertiary/aromatic N) is 3. The summed E-state index contributed by atoms with van der Waals surface area (Å²) in [6.45, 7) is 2.13. The van der Waals surface area contributed by atoms with Crippen molar-refractivity contribution >= 4 is 27.5 Å². The Bertz CT molecular complexity index is 926. The van der Waals surface area contributed by atoms with E-state index in [0.29, 0.717) is 48.8 Å². The smallest absolute Gasteiger partial charge is 0.251 e. The Kier molecular flexibility index (Phi) is 7.15. The molecule has 0 aliphatic carbocycles. The number of hydrogen-bond donors (Lipinski definition) is 1. The van der Waals surface area contributed by atoms with Gasteiger partial charge in [-0.25, -0.2) is 12.7 Å². The Morgan fingerprint density at radius 1 is 1.34 bits per heavy atom. The summed E-state index contributed by atoms with van der Waals surface area (Å²) in [7, 11) is -3.17. The molecular formula is C19H25ClN4O4S. The maximum absolute atomic E-state index is 12.3. The maximum Gasteiger partial charge on any atom is 0.251 e. The number of hydrogen-bond acceptors (Lipinski definition) is 5. The predicted octanol–water partition coefficient (Wildman–Crippen LogP) is 2.16. The van der Waals surface area contributed by atoms with Crippen molar-refractivity contribution in [3.63, 3.8) is 0 Å². The summed E-state index contributed by atoms with van der Waals surface area (Å²) in [6.07, 6.45) is 6.68. The van der Waals surface area contributed by atoms with Gasteiger partial charge in [-0.3, -0.25) is 9.48 Å². The Morgan fingerprint density at radius 3 is 2.72 bits per heavy atom. The molecule has 29 heavy (non-hydrogen) atoms. The Hall–Kier alpha value is -2.10. The van der Waals surface area contributed by atoms with Crippen LogP contribution in [0.25, 0.3) is 0 Å². The van der Waals surface area contributed by atoms with Gasteiger partial charge in [0, 0.05) is 44.1 Å². The molecule has 2 aromatic rings. The van der Waals surface area contributed by atoms with E-state index in [1.807, 2.05) is 16.9 Å². The molecule has 1 N–H and O–H groups in total. The average molecular weight is 441 g/mol. The molecule has 0 spiro atoms. The molecule has 1 aliphatic rings. The summed E-state index contributed by atoms with van der Waals surface area (Å²) in [5.41, 5.74) is 0.466. The minimum Gasteiger partial charge on any atom is -0.489 e. The first-order valence-electron chi connectivity index (χ1n) is 9.50. The van der Waals surface area contributed by atoms with Gasteiger partial charge in [-0.05, 0) is 43.5 Å². The highest BCUT2D eigenvalue weighted by atomic mass is 35.5. The van der Waals surface area contributed by atoms with E-state index in [1.54, 1.807) is 24.4 Å². The lowest BCUT2D eigenvalue weighted by Crippen LogP contribution is -2.41. The van der Waals surface area contributed by atoms with E-state index in [-0.39, 0.29) is 12.0 Å². The largest absolute Gasteiger partial charge is 0.489 e. The first-order valence-corrected chi connectivity index (χ1v) is 11.7. The van der Waals surface area contributed by atoms with Gasteiger partial charge in [0.2, 0.25) is 10.0 Å². The highest BCUT2D eigenvalue weighted by Crippen LogP contribution is 2.28. The Balaban J connectivity index is 1.47. The van der Waals surface area contributed by atoms with Crippen LogP contribution in [0.2, 0.25) is 5.02 Å². The van der Waals surface area contributed by atoms with Crippen LogP contribution in [-0.4, -0.2) is 60.4 Å². The minimum atomic E-state index is -3.17. The maximum atomic E-state index is 12.3. The number of carbonyl (C=O) groups is 1. The number of ether oxygens (including phenoxy) is 1. The number of sulfonamides is 1. The molecule has 1 amide bonds. The second-order valence-corrected chi connectivity index (χ2v) is 9.39. The van der Waals surface area contributed by atoms with Crippen molar-refractivity contribution in [3.8, 4) is 5.75 Å². The van der Waals surface area contributed by atoms with Crippen molar-refractivity contribution in [1.82, 2.24) is 19.4 Å². The number of rotatable bonds is 8. The van der Waals surface area contributed by atoms with E-state index < -0.39 is 10.0 Å². The number of amides is 1. The fourth-order valence-electron chi connectivity index (χ4n) is 3.18. The van der Waals surface area contributed by atoms with Crippen LogP contribution in [0.3, 0.4) is 0 Å². The van der Waals surface area contributed by atoms with E-state index in [4.69, 9.17) is 16.3 Å². The van der Waals surface area contributed by atoms with Gasteiger partial charge in [0.05, 0.1) is 11.3 Å². The highest BCUT2D eigenvalue weighted by molar-refractivity contribution is 7.88. The molecule has 2 heterocycles. The molecule has 1 aromatic carbocycles. The van der Waals surface area contributed by atoms with E-state index >= 15 is 0 Å². The summed E-state index contributed by atoms with van der Waals surface area (Å²) in [5.74, 6) is 0.306. The first-order chi connectivity index (χ1) is 13.8. The van der Waals surface area contributed by atoms with Crippen molar-refractivity contribution in [2.45, 2.75) is 31.9 Å². The van der Waals surface area contributed by atoms with Crippen LogP contribution < -0.4 is 10.1 Å². The minimum absolute atomic E-state index is 0.104. The summed E-state index contributed by atoms with van der Waals surface area (Å²) in [6, 6.07) is 6.81.